The molecular formula is C25H28N6O. The molecule has 0 spiro atoms. The van der Waals surface area contributed by atoms with E-state index in [1.807, 2.05) is 72.7 Å². The smallest absolute Gasteiger partial charge is 0.252 e. The number of nitrogens with one attached hydrogen (secondary N) is 1. The minimum atomic E-state index is -0.153. The molecule has 164 valence electrons. The van der Waals surface area contributed by atoms with E-state index in [1.165, 1.54) is 0 Å². The summed E-state index contributed by atoms with van der Waals surface area (Å²) in [5.41, 5.74) is 6.06. The Hall–Kier alpha value is -3.48. The quantitative estimate of drug-likeness (QED) is 0.486. The topological polar surface area (TPSA) is 77.6 Å². The first kappa shape index (κ1) is 20.4. The van der Waals surface area contributed by atoms with Crippen LogP contribution in [-0.4, -0.2) is 30.5 Å². The summed E-state index contributed by atoms with van der Waals surface area (Å²) in [5, 5.41) is 13.3. The van der Waals surface area contributed by atoms with Crippen molar-refractivity contribution in [3.05, 3.63) is 70.8 Å². The van der Waals surface area contributed by atoms with Gasteiger partial charge < -0.3 is 5.32 Å². The first-order valence-electron chi connectivity index (χ1n) is 11.3. The molecule has 0 bridgehead atoms. The molecule has 32 heavy (non-hydrogen) atoms. The molecule has 1 amide bonds. The summed E-state index contributed by atoms with van der Waals surface area (Å²) in [6.07, 6.45) is 4.24. The van der Waals surface area contributed by atoms with Crippen molar-refractivity contribution in [2.75, 3.05) is 0 Å². The second-order valence-electron chi connectivity index (χ2n) is 8.62. The molecule has 7 heteroatoms. The third-order valence-corrected chi connectivity index (χ3v) is 6.20. The van der Waals surface area contributed by atoms with Gasteiger partial charge in [-0.25, -0.2) is 9.67 Å². The van der Waals surface area contributed by atoms with E-state index in [-0.39, 0.29) is 11.9 Å². The van der Waals surface area contributed by atoms with Gasteiger partial charge in [-0.2, -0.15) is 10.2 Å². The molecule has 1 atom stereocenters. The van der Waals surface area contributed by atoms with Crippen LogP contribution in [0.5, 0.6) is 0 Å². The Morgan fingerprint density at radius 1 is 1.16 bits per heavy atom. The molecule has 1 aliphatic carbocycles. The summed E-state index contributed by atoms with van der Waals surface area (Å²) in [7, 11) is 0. The van der Waals surface area contributed by atoms with Crippen LogP contribution in [0.1, 0.15) is 71.7 Å². The summed E-state index contributed by atoms with van der Waals surface area (Å²) in [6, 6.07) is 11.8. The van der Waals surface area contributed by atoms with Gasteiger partial charge in [-0.3, -0.25) is 9.48 Å². The zero-order valence-electron chi connectivity index (χ0n) is 19.0. The number of hydrogen-bond donors (Lipinski definition) is 1. The van der Waals surface area contributed by atoms with Crippen LogP contribution < -0.4 is 5.32 Å². The maximum absolute atomic E-state index is 13.5. The van der Waals surface area contributed by atoms with Crippen LogP contribution in [0.15, 0.2) is 42.6 Å². The SMILES string of the molecule is CCn1cc([C@@H](C)NC(=O)c2cc(C3CC3)nc3c2c(C)nn3-c2ccccc2)c(C)n1. The number of nitrogens with zero attached hydrogens (tertiary/aromatic N) is 5. The lowest BCUT2D eigenvalue weighted by molar-refractivity contribution is 0.0941. The molecule has 1 saturated carbocycles. The number of aryl methyl sites for hydroxylation is 3. The maximum atomic E-state index is 13.5. The van der Waals surface area contributed by atoms with E-state index in [0.717, 1.165) is 58.8 Å². The minimum absolute atomic E-state index is 0.105. The number of benzene rings is 1. The maximum Gasteiger partial charge on any atom is 0.252 e. The Balaban J connectivity index is 1.57. The first-order valence-corrected chi connectivity index (χ1v) is 11.3. The average molecular weight is 429 g/mol. The van der Waals surface area contributed by atoms with Crippen molar-refractivity contribution in [2.45, 2.75) is 59.0 Å². The number of pyridine rings is 1. The van der Waals surface area contributed by atoms with Crippen LogP contribution in [0.3, 0.4) is 0 Å². The Kier molecular flexibility index (Phi) is 5.04. The Morgan fingerprint density at radius 3 is 2.56 bits per heavy atom. The van der Waals surface area contributed by atoms with E-state index >= 15 is 0 Å². The molecule has 5 rings (SSSR count). The summed E-state index contributed by atoms with van der Waals surface area (Å²) < 4.78 is 3.75. The standard InChI is InChI=1S/C25H28N6O/c1-5-30-14-21(16(3)28-30)15(2)26-25(32)20-13-22(18-11-12-18)27-24-23(20)17(4)29-31(24)19-9-7-6-8-10-19/h6-10,13-15,18H,5,11-12H2,1-4H3,(H,26,32)/t15-/m1/s1. The zero-order chi connectivity index (χ0) is 22.4. The highest BCUT2D eigenvalue weighted by Crippen LogP contribution is 2.40. The van der Waals surface area contributed by atoms with Crippen molar-refractivity contribution in [1.82, 2.24) is 29.9 Å². The van der Waals surface area contributed by atoms with Gasteiger partial charge in [-0.05, 0) is 58.7 Å². The van der Waals surface area contributed by atoms with Crippen LogP contribution in [0.4, 0.5) is 0 Å². The lowest BCUT2D eigenvalue weighted by Crippen LogP contribution is -2.27. The predicted molar refractivity (Wildman–Crippen MR) is 124 cm³/mol. The normalized spacial score (nSPS) is 14.6. The van der Waals surface area contributed by atoms with Gasteiger partial charge in [0.2, 0.25) is 0 Å². The third kappa shape index (κ3) is 3.57. The molecule has 0 radical (unpaired) electrons. The second kappa shape index (κ2) is 7.89. The summed E-state index contributed by atoms with van der Waals surface area (Å²) in [6.45, 7) is 8.78. The monoisotopic (exact) mass is 428 g/mol. The zero-order valence-corrected chi connectivity index (χ0v) is 19.0. The molecule has 0 saturated heterocycles. The van der Waals surface area contributed by atoms with E-state index in [1.54, 1.807) is 0 Å². The molecule has 0 unspecified atom stereocenters. The summed E-state index contributed by atoms with van der Waals surface area (Å²) in [4.78, 5) is 18.5. The number of carbonyl (C=O) groups excluding carboxylic acids is 1. The molecular weight excluding hydrogens is 400 g/mol. The lowest BCUT2D eigenvalue weighted by Gasteiger charge is -2.15. The van der Waals surface area contributed by atoms with E-state index in [2.05, 4.69) is 17.3 Å². The highest BCUT2D eigenvalue weighted by Gasteiger charge is 2.29. The van der Waals surface area contributed by atoms with Crippen molar-refractivity contribution in [1.29, 1.82) is 0 Å². The fraction of sp³-hybridized carbons (Fsp3) is 0.360. The summed E-state index contributed by atoms with van der Waals surface area (Å²) in [5.74, 6) is 0.319. The highest BCUT2D eigenvalue weighted by molar-refractivity contribution is 6.07. The van der Waals surface area contributed by atoms with E-state index in [0.29, 0.717) is 11.5 Å². The fourth-order valence-corrected chi connectivity index (χ4v) is 4.30. The molecule has 0 aliphatic heterocycles. The van der Waals surface area contributed by atoms with Gasteiger partial charge in [0.05, 0.1) is 34.1 Å². The Labute approximate surface area is 187 Å². The minimum Gasteiger partial charge on any atom is -0.345 e. The van der Waals surface area contributed by atoms with Gasteiger partial charge in [0.25, 0.3) is 5.91 Å². The van der Waals surface area contributed by atoms with Crippen LogP contribution in [0.25, 0.3) is 16.7 Å². The van der Waals surface area contributed by atoms with Crippen molar-refractivity contribution in [3.8, 4) is 5.69 Å². The number of amides is 1. The molecule has 3 aromatic heterocycles. The van der Waals surface area contributed by atoms with Gasteiger partial charge in [-0.1, -0.05) is 18.2 Å². The third-order valence-electron chi connectivity index (χ3n) is 6.20. The molecule has 3 heterocycles. The molecule has 4 aromatic rings. The molecule has 1 aromatic carbocycles. The van der Waals surface area contributed by atoms with Crippen molar-refractivity contribution >= 4 is 16.9 Å². The fourth-order valence-electron chi connectivity index (χ4n) is 4.30. The van der Waals surface area contributed by atoms with E-state index in [4.69, 9.17) is 10.1 Å². The van der Waals surface area contributed by atoms with Gasteiger partial charge >= 0.3 is 0 Å². The Bertz CT molecular complexity index is 1300. The average Bonchev–Trinajstić information content (AvgIpc) is 3.50. The van der Waals surface area contributed by atoms with Crippen LogP contribution in [0.2, 0.25) is 0 Å². The van der Waals surface area contributed by atoms with Crippen LogP contribution in [0, 0.1) is 13.8 Å². The molecule has 1 N–H and O–H groups in total. The number of fused-ring (bicyclic) bond motifs is 1. The number of hydrogen-bond acceptors (Lipinski definition) is 4. The molecule has 1 fully saturated rings. The van der Waals surface area contributed by atoms with E-state index < -0.39 is 0 Å². The molecule has 7 nitrogen and oxygen atoms in total. The second-order valence-corrected chi connectivity index (χ2v) is 8.62. The van der Waals surface area contributed by atoms with Gasteiger partial charge in [0.15, 0.2) is 5.65 Å². The van der Waals surface area contributed by atoms with Crippen LogP contribution in [-0.2, 0) is 6.54 Å². The summed E-state index contributed by atoms with van der Waals surface area (Å²) >= 11 is 0. The number of carbonyl (C=O) groups is 1. The number of rotatable bonds is 6. The van der Waals surface area contributed by atoms with Crippen molar-refractivity contribution < 1.29 is 4.79 Å². The van der Waals surface area contributed by atoms with Crippen molar-refractivity contribution in [2.24, 2.45) is 0 Å². The number of aromatic nitrogens is 5. The first-order chi connectivity index (χ1) is 15.5. The molecule has 1 aliphatic rings. The van der Waals surface area contributed by atoms with Crippen LogP contribution >= 0.6 is 0 Å². The Morgan fingerprint density at radius 2 is 1.91 bits per heavy atom. The predicted octanol–water partition coefficient (Wildman–Crippen LogP) is 4.62. The lowest BCUT2D eigenvalue weighted by atomic mass is 10.1. The van der Waals surface area contributed by atoms with Crippen molar-refractivity contribution in [3.63, 3.8) is 0 Å². The highest BCUT2D eigenvalue weighted by atomic mass is 16.1. The van der Waals surface area contributed by atoms with Gasteiger partial charge in [0, 0.05) is 29.9 Å². The van der Waals surface area contributed by atoms with E-state index in [9.17, 15) is 4.79 Å². The van der Waals surface area contributed by atoms with Gasteiger partial charge in [-0.15, -0.1) is 0 Å². The van der Waals surface area contributed by atoms with Gasteiger partial charge in [0.1, 0.15) is 0 Å². The number of para-hydroxylation sites is 1. The largest absolute Gasteiger partial charge is 0.345 e.